The number of benzene rings is 1. The number of nitrogens with zero attached hydrogens (tertiary/aromatic N) is 3. The number of rotatable bonds is 7. The Morgan fingerprint density at radius 3 is 2.52 bits per heavy atom. The monoisotopic (exact) mass is 376 g/mol. The Hall–Kier alpha value is -2.81. The summed E-state index contributed by atoms with van der Waals surface area (Å²) in [4.78, 5) is 18.8. The van der Waals surface area contributed by atoms with Crippen molar-refractivity contribution in [2.75, 3.05) is 34.4 Å². The van der Waals surface area contributed by atoms with Crippen LogP contribution in [0.2, 0.25) is 0 Å². The van der Waals surface area contributed by atoms with E-state index in [1.165, 1.54) is 0 Å². The van der Waals surface area contributed by atoms with E-state index in [4.69, 9.17) is 18.7 Å². The molecule has 3 rings (SSSR count). The average molecular weight is 376 g/mol. The molecule has 1 saturated heterocycles. The molecule has 9 nitrogen and oxygen atoms in total. The highest BCUT2D eigenvalue weighted by Crippen LogP contribution is 2.35. The lowest BCUT2D eigenvalue weighted by atomic mass is 10.1. The molecule has 1 aliphatic heterocycles. The second-order valence-corrected chi connectivity index (χ2v) is 6.24. The van der Waals surface area contributed by atoms with Gasteiger partial charge in [0.05, 0.1) is 33.8 Å². The van der Waals surface area contributed by atoms with Crippen molar-refractivity contribution in [3.63, 3.8) is 0 Å². The first-order valence-corrected chi connectivity index (χ1v) is 8.65. The zero-order valence-corrected chi connectivity index (χ0v) is 15.9. The first-order valence-electron chi connectivity index (χ1n) is 8.65. The lowest BCUT2D eigenvalue weighted by molar-refractivity contribution is -0.129. The second-order valence-electron chi connectivity index (χ2n) is 6.24. The maximum atomic E-state index is 12.5. The van der Waals surface area contributed by atoms with Crippen LogP contribution in [-0.4, -0.2) is 61.4 Å². The summed E-state index contributed by atoms with van der Waals surface area (Å²) in [5.74, 6) is 2.81. The molecule has 1 N–H and O–H groups in total. The number of aromatic nitrogens is 2. The normalized spacial score (nSPS) is 17.5. The molecule has 0 aliphatic carbocycles. The van der Waals surface area contributed by atoms with Crippen molar-refractivity contribution in [1.29, 1.82) is 0 Å². The molecule has 1 atom stereocenters. The Balaban J connectivity index is 1.86. The van der Waals surface area contributed by atoms with Crippen LogP contribution in [-0.2, 0) is 17.8 Å². The Labute approximate surface area is 157 Å². The summed E-state index contributed by atoms with van der Waals surface area (Å²) in [6, 6.07) is 3.25. The largest absolute Gasteiger partial charge is 0.496 e. The maximum Gasteiger partial charge on any atom is 0.237 e. The summed E-state index contributed by atoms with van der Waals surface area (Å²) < 4.78 is 21.4. The quantitative estimate of drug-likeness (QED) is 0.763. The third-order valence-electron chi connectivity index (χ3n) is 4.54. The van der Waals surface area contributed by atoms with Crippen LogP contribution < -0.4 is 19.5 Å². The lowest BCUT2D eigenvalue weighted by Crippen LogP contribution is -2.55. The van der Waals surface area contributed by atoms with E-state index in [2.05, 4.69) is 20.4 Å². The smallest absolute Gasteiger partial charge is 0.237 e. The highest BCUT2D eigenvalue weighted by atomic mass is 16.5. The summed E-state index contributed by atoms with van der Waals surface area (Å²) in [5, 5.41) is 6.70. The topological polar surface area (TPSA) is 99.0 Å². The zero-order chi connectivity index (χ0) is 19.4. The predicted octanol–water partition coefficient (Wildman–Crippen LogP) is 0.947. The van der Waals surface area contributed by atoms with Crippen LogP contribution in [0.4, 0.5) is 0 Å². The highest BCUT2D eigenvalue weighted by Gasteiger charge is 2.32. The number of nitrogens with one attached hydrogen (secondary N) is 1. The van der Waals surface area contributed by atoms with Gasteiger partial charge < -0.3 is 24.1 Å². The Morgan fingerprint density at radius 1 is 1.19 bits per heavy atom. The van der Waals surface area contributed by atoms with Gasteiger partial charge in [-0.2, -0.15) is 4.98 Å². The molecule has 1 aromatic heterocycles. The number of ether oxygens (including phenoxy) is 3. The fourth-order valence-electron chi connectivity index (χ4n) is 3.20. The van der Waals surface area contributed by atoms with Gasteiger partial charge in [0.2, 0.25) is 11.8 Å². The van der Waals surface area contributed by atoms with Gasteiger partial charge >= 0.3 is 0 Å². The van der Waals surface area contributed by atoms with Crippen LogP contribution in [0.1, 0.15) is 17.3 Å². The zero-order valence-electron chi connectivity index (χ0n) is 15.9. The molecular formula is C18H24N4O5. The molecule has 0 spiro atoms. The number of amides is 1. The minimum Gasteiger partial charge on any atom is -0.496 e. The number of aryl methyl sites for hydroxylation is 1. The van der Waals surface area contributed by atoms with Crippen LogP contribution in [0.5, 0.6) is 17.2 Å². The number of carbonyl (C=O) groups excluding carboxylic acids is 1. The van der Waals surface area contributed by atoms with Gasteiger partial charge in [-0.25, -0.2) is 0 Å². The molecule has 9 heteroatoms. The minimum absolute atomic E-state index is 0.0588. The van der Waals surface area contributed by atoms with Gasteiger partial charge in [-0.1, -0.05) is 5.16 Å². The molecule has 1 amide bonds. The fraction of sp³-hybridized carbons (Fsp3) is 0.500. The van der Waals surface area contributed by atoms with E-state index in [0.717, 1.165) is 5.56 Å². The Bertz CT molecular complexity index is 807. The predicted molar refractivity (Wildman–Crippen MR) is 96.0 cm³/mol. The van der Waals surface area contributed by atoms with E-state index in [1.54, 1.807) is 34.3 Å². The average Bonchev–Trinajstić information content (AvgIpc) is 3.09. The summed E-state index contributed by atoms with van der Waals surface area (Å²) in [5.41, 5.74) is 0.900. The van der Waals surface area contributed by atoms with Gasteiger partial charge in [0, 0.05) is 31.3 Å². The van der Waals surface area contributed by atoms with Gasteiger partial charge in [0.1, 0.15) is 5.75 Å². The Kier molecular flexibility index (Phi) is 5.80. The molecule has 2 aromatic rings. The number of methoxy groups -OCH3 is 3. The molecule has 2 heterocycles. The molecule has 0 saturated carbocycles. The van der Waals surface area contributed by atoms with Gasteiger partial charge in [-0.05, 0) is 13.0 Å². The van der Waals surface area contributed by atoms with Crippen molar-refractivity contribution in [2.24, 2.45) is 0 Å². The molecule has 0 bridgehead atoms. The number of carbonyl (C=O) groups is 1. The standard InChI is InChI=1S/C18H24N4O5/c1-11-20-17(27-21-11)8-13-18(23)19-5-6-22(13)10-12-7-15(25-3)16(26-4)9-14(12)24-2/h7,9,13H,5-6,8,10H2,1-4H3,(H,19,23). The molecule has 0 radical (unpaired) electrons. The van der Waals surface area contributed by atoms with Crippen LogP contribution in [0.15, 0.2) is 16.7 Å². The lowest BCUT2D eigenvalue weighted by Gasteiger charge is -2.34. The van der Waals surface area contributed by atoms with Gasteiger partial charge in [-0.3, -0.25) is 9.69 Å². The van der Waals surface area contributed by atoms with E-state index in [1.807, 2.05) is 6.07 Å². The maximum absolute atomic E-state index is 12.5. The van der Waals surface area contributed by atoms with Crippen molar-refractivity contribution >= 4 is 5.91 Å². The summed E-state index contributed by atoms with van der Waals surface area (Å²) in [6.45, 7) is 3.53. The summed E-state index contributed by atoms with van der Waals surface area (Å²) in [7, 11) is 4.77. The fourth-order valence-corrected chi connectivity index (χ4v) is 3.20. The summed E-state index contributed by atoms with van der Waals surface area (Å²) >= 11 is 0. The van der Waals surface area contributed by atoms with Crippen LogP contribution in [0.25, 0.3) is 0 Å². The van der Waals surface area contributed by atoms with E-state index in [9.17, 15) is 4.79 Å². The number of hydrogen-bond donors (Lipinski definition) is 1. The van der Waals surface area contributed by atoms with Gasteiger partial charge in [-0.15, -0.1) is 0 Å². The first kappa shape index (κ1) is 19.0. The molecular weight excluding hydrogens is 352 g/mol. The second kappa shape index (κ2) is 8.26. The van der Waals surface area contributed by atoms with Crippen molar-refractivity contribution < 1.29 is 23.5 Å². The van der Waals surface area contributed by atoms with E-state index >= 15 is 0 Å². The number of hydrogen-bond acceptors (Lipinski definition) is 8. The first-order chi connectivity index (χ1) is 13.0. The van der Waals surface area contributed by atoms with Gasteiger partial charge in [0.25, 0.3) is 0 Å². The summed E-state index contributed by atoms with van der Waals surface area (Å²) in [6.07, 6.45) is 0.349. The van der Waals surface area contributed by atoms with E-state index in [0.29, 0.717) is 55.0 Å². The highest BCUT2D eigenvalue weighted by molar-refractivity contribution is 5.82. The minimum atomic E-state index is -0.406. The van der Waals surface area contributed by atoms with Gasteiger partial charge in [0.15, 0.2) is 17.3 Å². The SMILES string of the molecule is COc1cc(OC)c(OC)cc1CN1CCNC(=O)C1Cc1nc(C)no1. The number of piperazine rings is 1. The molecule has 1 fully saturated rings. The van der Waals surface area contributed by atoms with Crippen LogP contribution in [0, 0.1) is 6.92 Å². The van der Waals surface area contributed by atoms with Crippen molar-refractivity contribution in [3.8, 4) is 17.2 Å². The third-order valence-corrected chi connectivity index (χ3v) is 4.54. The van der Waals surface area contributed by atoms with Crippen molar-refractivity contribution in [1.82, 2.24) is 20.4 Å². The molecule has 1 unspecified atom stereocenters. The molecule has 1 aliphatic rings. The van der Waals surface area contributed by atoms with Crippen LogP contribution in [0.3, 0.4) is 0 Å². The van der Waals surface area contributed by atoms with Crippen molar-refractivity contribution in [3.05, 3.63) is 29.4 Å². The Morgan fingerprint density at radius 2 is 1.89 bits per heavy atom. The molecule has 146 valence electrons. The molecule has 1 aromatic carbocycles. The van der Waals surface area contributed by atoms with E-state index in [-0.39, 0.29) is 5.91 Å². The molecule has 27 heavy (non-hydrogen) atoms. The van der Waals surface area contributed by atoms with Crippen LogP contribution >= 0.6 is 0 Å². The van der Waals surface area contributed by atoms with E-state index < -0.39 is 6.04 Å². The third kappa shape index (κ3) is 4.13. The van der Waals surface area contributed by atoms with Crippen molar-refractivity contribution in [2.45, 2.75) is 25.9 Å².